The van der Waals surface area contributed by atoms with Crippen LogP contribution in [0.3, 0.4) is 0 Å². The molecule has 0 radical (unpaired) electrons. The summed E-state index contributed by atoms with van der Waals surface area (Å²) in [4.78, 5) is 12.2. The Morgan fingerprint density at radius 3 is 2.59 bits per heavy atom. The molecule has 1 aromatic rings. The zero-order chi connectivity index (χ0) is 15.2. The zero-order valence-electron chi connectivity index (χ0n) is 13.6. The molecule has 3 atom stereocenters. The molecule has 0 bridgehead atoms. The van der Waals surface area contributed by atoms with E-state index in [9.17, 15) is 4.79 Å². The Labute approximate surface area is 140 Å². The Balaban J connectivity index is 0.00000242. The van der Waals surface area contributed by atoms with Gasteiger partial charge in [0.25, 0.3) is 0 Å². The third-order valence-corrected chi connectivity index (χ3v) is 4.66. The van der Waals surface area contributed by atoms with Crippen LogP contribution in [-0.4, -0.2) is 11.9 Å². The Bertz CT molecular complexity index is 450. The highest BCUT2D eigenvalue weighted by Crippen LogP contribution is 2.30. The van der Waals surface area contributed by atoms with Gasteiger partial charge in [-0.05, 0) is 30.2 Å². The van der Waals surface area contributed by atoms with Crippen LogP contribution in [0.4, 0.5) is 0 Å². The van der Waals surface area contributed by atoms with Crippen LogP contribution in [0, 0.1) is 11.8 Å². The second-order valence-corrected chi connectivity index (χ2v) is 6.66. The molecular formula is C18H29ClN2O. The number of nitrogens with two attached hydrogens (primary N) is 1. The molecule has 1 aliphatic carbocycles. The van der Waals surface area contributed by atoms with Crippen molar-refractivity contribution in [3.63, 3.8) is 0 Å². The van der Waals surface area contributed by atoms with Crippen molar-refractivity contribution < 1.29 is 4.79 Å². The molecule has 1 aromatic carbocycles. The Morgan fingerprint density at radius 1 is 1.27 bits per heavy atom. The van der Waals surface area contributed by atoms with Crippen LogP contribution in [-0.2, 0) is 4.79 Å². The summed E-state index contributed by atoms with van der Waals surface area (Å²) in [6.07, 6.45) is 5.11. The molecule has 0 spiro atoms. The van der Waals surface area contributed by atoms with Gasteiger partial charge in [-0.1, -0.05) is 57.0 Å². The average molecular weight is 325 g/mol. The molecule has 0 aliphatic heterocycles. The Morgan fingerprint density at radius 2 is 1.95 bits per heavy atom. The van der Waals surface area contributed by atoms with Crippen molar-refractivity contribution in [3.05, 3.63) is 35.9 Å². The molecule has 3 nitrogen and oxygen atoms in total. The number of benzene rings is 1. The second-order valence-electron chi connectivity index (χ2n) is 6.66. The largest absolute Gasteiger partial charge is 0.353 e. The van der Waals surface area contributed by atoms with E-state index in [1.54, 1.807) is 0 Å². The summed E-state index contributed by atoms with van der Waals surface area (Å²) in [7, 11) is 0. The normalized spacial score (nSPS) is 22.7. The minimum absolute atomic E-state index is 0. The summed E-state index contributed by atoms with van der Waals surface area (Å²) in [6.45, 7) is 4.56. The van der Waals surface area contributed by atoms with Gasteiger partial charge in [0.05, 0.1) is 0 Å². The summed E-state index contributed by atoms with van der Waals surface area (Å²) in [5.41, 5.74) is 7.14. The third-order valence-electron chi connectivity index (χ3n) is 4.66. The highest BCUT2D eigenvalue weighted by atomic mass is 35.5. The number of rotatable bonds is 5. The standard InChI is InChI=1S/C18H28N2O.ClH/c1-13(2)15-9-6-10-16(11-15)20-18(21)12-17(19)14-7-4-3-5-8-14;/h3-5,7-8,13,15-17H,6,9-12,19H2,1-2H3,(H,20,21);1H. The van der Waals surface area contributed by atoms with E-state index in [1.807, 2.05) is 30.3 Å². The van der Waals surface area contributed by atoms with Crippen LogP contribution in [0.1, 0.15) is 57.6 Å². The monoisotopic (exact) mass is 324 g/mol. The first kappa shape index (κ1) is 19.0. The van der Waals surface area contributed by atoms with Crippen LogP contribution >= 0.6 is 12.4 Å². The molecule has 1 saturated carbocycles. The van der Waals surface area contributed by atoms with Gasteiger partial charge in [0.1, 0.15) is 0 Å². The van der Waals surface area contributed by atoms with E-state index in [0.717, 1.165) is 24.3 Å². The molecule has 0 aromatic heterocycles. The van der Waals surface area contributed by atoms with E-state index in [4.69, 9.17) is 5.73 Å². The summed E-state index contributed by atoms with van der Waals surface area (Å²) in [6, 6.07) is 9.96. The predicted octanol–water partition coefficient (Wildman–Crippen LogP) is 3.83. The minimum Gasteiger partial charge on any atom is -0.353 e. The van der Waals surface area contributed by atoms with Gasteiger partial charge in [-0.15, -0.1) is 12.4 Å². The fourth-order valence-electron chi connectivity index (χ4n) is 3.27. The smallest absolute Gasteiger partial charge is 0.222 e. The number of carbonyl (C=O) groups is 1. The average Bonchev–Trinajstić information content (AvgIpc) is 2.48. The van der Waals surface area contributed by atoms with Gasteiger partial charge < -0.3 is 11.1 Å². The third kappa shape index (κ3) is 5.62. The molecule has 3 N–H and O–H groups in total. The molecule has 4 heteroatoms. The number of hydrogen-bond acceptors (Lipinski definition) is 2. The van der Waals surface area contributed by atoms with Crippen molar-refractivity contribution in [2.75, 3.05) is 0 Å². The van der Waals surface area contributed by atoms with Crippen molar-refractivity contribution in [2.45, 2.75) is 58.0 Å². The van der Waals surface area contributed by atoms with Crippen molar-refractivity contribution in [2.24, 2.45) is 17.6 Å². The van der Waals surface area contributed by atoms with Gasteiger partial charge in [-0.2, -0.15) is 0 Å². The van der Waals surface area contributed by atoms with E-state index < -0.39 is 0 Å². The first-order chi connectivity index (χ1) is 10.1. The van der Waals surface area contributed by atoms with Crippen molar-refractivity contribution in [1.29, 1.82) is 0 Å². The number of halogens is 1. The maximum Gasteiger partial charge on any atom is 0.222 e. The van der Waals surface area contributed by atoms with Gasteiger partial charge in [0.15, 0.2) is 0 Å². The number of carbonyl (C=O) groups excluding carboxylic acids is 1. The van der Waals surface area contributed by atoms with Crippen LogP contribution in [0.15, 0.2) is 30.3 Å². The van der Waals surface area contributed by atoms with Gasteiger partial charge in [-0.3, -0.25) is 4.79 Å². The van der Waals surface area contributed by atoms with Crippen molar-refractivity contribution in [3.8, 4) is 0 Å². The van der Waals surface area contributed by atoms with E-state index in [2.05, 4.69) is 19.2 Å². The van der Waals surface area contributed by atoms with Crippen molar-refractivity contribution in [1.82, 2.24) is 5.32 Å². The molecule has 1 amide bonds. The lowest BCUT2D eigenvalue weighted by atomic mass is 9.79. The van der Waals surface area contributed by atoms with E-state index >= 15 is 0 Å². The molecule has 2 rings (SSSR count). The molecule has 22 heavy (non-hydrogen) atoms. The van der Waals surface area contributed by atoms with Crippen molar-refractivity contribution >= 4 is 18.3 Å². The maximum absolute atomic E-state index is 12.2. The van der Waals surface area contributed by atoms with Crippen LogP contribution < -0.4 is 11.1 Å². The predicted molar refractivity (Wildman–Crippen MR) is 94.0 cm³/mol. The lowest BCUT2D eigenvalue weighted by Gasteiger charge is -2.32. The summed E-state index contributed by atoms with van der Waals surface area (Å²) in [5, 5.41) is 3.19. The van der Waals surface area contributed by atoms with E-state index in [1.165, 1.54) is 12.8 Å². The number of hydrogen-bond donors (Lipinski definition) is 2. The summed E-state index contributed by atoms with van der Waals surface area (Å²) in [5.74, 6) is 1.53. The van der Waals surface area contributed by atoms with Gasteiger partial charge in [0.2, 0.25) is 5.91 Å². The summed E-state index contributed by atoms with van der Waals surface area (Å²) >= 11 is 0. The van der Waals surface area contributed by atoms with Crippen LogP contribution in [0.5, 0.6) is 0 Å². The maximum atomic E-state index is 12.2. The molecule has 3 unspecified atom stereocenters. The van der Waals surface area contributed by atoms with Gasteiger partial charge in [-0.25, -0.2) is 0 Å². The quantitative estimate of drug-likeness (QED) is 0.864. The first-order valence-electron chi connectivity index (χ1n) is 8.16. The molecule has 1 fully saturated rings. The molecular weight excluding hydrogens is 296 g/mol. The fourth-order valence-corrected chi connectivity index (χ4v) is 3.27. The lowest BCUT2D eigenvalue weighted by molar-refractivity contribution is -0.122. The first-order valence-corrected chi connectivity index (χ1v) is 8.16. The molecule has 1 aliphatic rings. The topological polar surface area (TPSA) is 55.1 Å². The fraction of sp³-hybridized carbons (Fsp3) is 0.611. The SMILES string of the molecule is CC(C)C1CCCC(NC(=O)CC(N)c2ccccc2)C1.Cl. The van der Waals surface area contributed by atoms with Crippen LogP contribution in [0.25, 0.3) is 0 Å². The molecule has 0 saturated heterocycles. The zero-order valence-corrected chi connectivity index (χ0v) is 14.4. The number of nitrogens with one attached hydrogen (secondary N) is 1. The van der Waals surface area contributed by atoms with Gasteiger partial charge in [0, 0.05) is 18.5 Å². The second kappa shape index (κ2) is 9.16. The van der Waals surface area contributed by atoms with E-state index in [0.29, 0.717) is 18.4 Å². The highest BCUT2D eigenvalue weighted by molar-refractivity contribution is 5.85. The lowest BCUT2D eigenvalue weighted by Crippen LogP contribution is -2.40. The molecule has 124 valence electrons. The number of amides is 1. The van der Waals surface area contributed by atoms with E-state index in [-0.39, 0.29) is 24.4 Å². The van der Waals surface area contributed by atoms with Gasteiger partial charge >= 0.3 is 0 Å². The molecule has 0 heterocycles. The highest BCUT2D eigenvalue weighted by Gasteiger charge is 2.25. The van der Waals surface area contributed by atoms with Crippen LogP contribution in [0.2, 0.25) is 0 Å². The Kier molecular flexibility index (Phi) is 7.91. The Hall–Kier alpha value is -1.06. The summed E-state index contributed by atoms with van der Waals surface area (Å²) < 4.78 is 0. The minimum atomic E-state index is -0.212.